The van der Waals surface area contributed by atoms with Gasteiger partial charge in [0.1, 0.15) is 6.54 Å². The summed E-state index contributed by atoms with van der Waals surface area (Å²) in [4.78, 5) is 25.6. The van der Waals surface area contributed by atoms with Crippen molar-refractivity contribution in [2.45, 2.75) is 38.8 Å². The SMILES string of the molecule is CCC(CC)(CN)NC(=O)Cn1c2ccccc2c(=O)c2ccccc21. The van der Waals surface area contributed by atoms with Crippen molar-refractivity contribution in [3.8, 4) is 0 Å². The number of para-hydroxylation sites is 2. The molecule has 2 aromatic carbocycles. The van der Waals surface area contributed by atoms with Crippen LogP contribution in [0.2, 0.25) is 0 Å². The molecule has 0 radical (unpaired) electrons. The molecule has 0 bridgehead atoms. The Morgan fingerprint density at radius 1 is 1.00 bits per heavy atom. The van der Waals surface area contributed by atoms with Crippen molar-refractivity contribution in [1.29, 1.82) is 0 Å². The number of nitrogens with zero attached hydrogens (tertiary/aromatic N) is 1. The fourth-order valence-corrected chi connectivity index (χ4v) is 3.49. The molecule has 5 nitrogen and oxygen atoms in total. The van der Waals surface area contributed by atoms with Gasteiger partial charge in [-0.25, -0.2) is 0 Å². The Morgan fingerprint density at radius 3 is 1.96 bits per heavy atom. The molecule has 26 heavy (non-hydrogen) atoms. The number of fused-ring (bicyclic) bond motifs is 2. The van der Waals surface area contributed by atoms with E-state index in [0.29, 0.717) is 17.3 Å². The van der Waals surface area contributed by atoms with Crippen LogP contribution in [0.25, 0.3) is 21.8 Å². The molecule has 0 unspecified atom stereocenters. The highest BCUT2D eigenvalue weighted by Crippen LogP contribution is 2.19. The molecule has 1 heterocycles. The quantitative estimate of drug-likeness (QED) is 0.671. The Kier molecular flexibility index (Phi) is 5.09. The monoisotopic (exact) mass is 351 g/mol. The van der Waals surface area contributed by atoms with Gasteiger partial charge >= 0.3 is 0 Å². The van der Waals surface area contributed by atoms with Crippen LogP contribution in [0, 0.1) is 0 Å². The van der Waals surface area contributed by atoms with E-state index in [-0.39, 0.29) is 23.4 Å². The molecule has 0 aliphatic carbocycles. The molecule has 1 aromatic heterocycles. The van der Waals surface area contributed by atoms with Gasteiger partial charge < -0.3 is 15.6 Å². The Labute approximate surface area is 152 Å². The number of nitrogens with two attached hydrogens (primary N) is 1. The fraction of sp³-hybridized carbons (Fsp3) is 0.333. The number of carbonyl (C=O) groups excluding carboxylic acids is 1. The molecule has 0 aliphatic heterocycles. The third kappa shape index (κ3) is 3.10. The van der Waals surface area contributed by atoms with E-state index in [2.05, 4.69) is 5.32 Å². The lowest BCUT2D eigenvalue weighted by Crippen LogP contribution is -2.53. The number of pyridine rings is 1. The molecule has 5 heteroatoms. The molecule has 0 aliphatic rings. The Bertz CT molecular complexity index is 935. The van der Waals surface area contributed by atoms with E-state index in [4.69, 9.17) is 5.73 Å². The summed E-state index contributed by atoms with van der Waals surface area (Å²) in [6.07, 6.45) is 1.55. The minimum Gasteiger partial charge on any atom is -0.348 e. The van der Waals surface area contributed by atoms with Crippen LogP contribution in [-0.4, -0.2) is 22.6 Å². The average Bonchev–Trinajstić information content (AvgIpc) is 2.69. The van der Waals surface area contributed by atoms with Gasteiger partial charge in [0, 0.05) is 17.3 Å². The molecule has 3 aromatic rings. The minimum absolute atomic E-state index is 0.00807. The molecule has 0 fully saturated rings. The van der Waals surface area contributed by atoms with Crippen LogP contribution in [0.4, 0.5) is 0 Å². The number of benzene rings is 2. The van der Waals surface area contributed by atoms with E-state index in [1.165, 1.54) is 0 Å². The van der Waals surface area contributed by atoms with Crippen LogP contribution in [0.15, 0.2) is 53.3 Å². The summed E-state index contributed by atoms with van der Waals surface area (Å²) in [5.41, 5.74) is 7.04. The molecule has 0 saturated heterocycles. The highest BCUT2D eigenvalue weighted by Gasteiger charge is 2.26. The Balaban J connectivity index is 2.10. The van der Waals surface area contributed by atoms with E-state index in [1.807, 2.05) is 54.8 Å². The largest absolute Gasteiger partial charge is 0.348 e. The molecular weight excluding hydrogens is 326 g/mol. The molecule has 3 rings (SSSR count). The average molecular weight is 351 g/mol. The van der Waals surface area contributed by atoms with Crippen molar-refractivity contribution in [3.63, 3.8) is 0 Å². The summed E-state index contributed by atoms with van der Waals surface area (Å²) in [6.45, 7) is 4.60. The van der Waals surface area contributed by atoms with Gasteiger partial charge in [-0.15, -0.1) is 0 Å². The van der Waals surface area contributed by atoms with Crippen molar-refractivity contribution < 1.29 is 4.79 Å². The molecule has 0 saturated carbocycles. The third-order valence-electron chi connectivity index (χ3n) is 5.33. The lowest BCUT2D eigenvalue weighted by molar-refractivity contribution is -0.123. The molecule has 1 amide bonds. The highest BCUT2D eigenvalue weighted by molar-refractivity contribution is 5.94. The zero-order valence-corrected chi connectivity index (χ0v) is 15.3. The Morgan fingerprint density at radius 2 is 1.50 bits per heavy atom. The highest BCUT2D eigenvalue weighted by atomic mass is 16.2. The molecule has 0 atom stereocenters. The number of aromatic nitrogens is 1. The van der Waals surface area contributed by atoms with Gasteiger partial charge in [-0.1, -0.05) is 38.1 Å². The van der Waals surface area contributed by atoms with E-state index in [0.717, 1.165) is 23.9 Å². The first kappa shape index (κ1) is 18.1. The lowest BCUT2D eigenvalue weighted by atomic mass is 9.93. The second-order valence-corrected chi connectivity index (χ2v) is 6.69. The molecular formula is C21H25N3O2. The summed E-state index contributed by atoms with van der Waals surface area (Å²) in [6, 6.07) is 14.8. The normalized spacial score (nSPS) is 11.8. The van der Waals surface area contributed by atoms with Gasteiger partial charge in [0.2, 0.25) is 5.91 Å². The number of hydrogen-bond acceptors (Lipinski definition) is 3. The number of carbonyl (C=O) groups is 1. The van der Waals surface area contributed by atoms with Crippen LogP contribution in [-0.2, 0) is 11.3 Å². The van der Waals surface area contributed by atoms with E-state index < -0.39 is 0 Å². The van der Waals surface area contributed by atoms with Gasteiger partial charge in [-0.05, 0) is 37.1 Å². The zero-order valence-electron chi connectivity index (χ0n) is 15.3. The molecule has 3 N–H and O–H groups in total. The van der Waals surface area contributed by atoms with E-state index in [1.54, 1.807) is 12.1 Å². The predicted octanol–water partition coefficient (Wildman–Crippen LogP) is 2.79. The number of amides is 1. The first-order valence-electron chi connectivity index (χ1n) is 9.06. The van der Waals surface area contributed by atoms with Gasteiger partial charge in [0.25, 0.3) is 0 Å². The topological polar surface area (TPSA) is 77.1 Å². The van der Waals surface area contributed by atoms with Gasteiger partial charge in [0.15, 0.2) is 5.43 Å². The summed E-state index contributed by atoms with van der Waals surface area (Å²) < 4.78 is 1.91. The van der Waals surface area contributed by atoms with E-state index >= 15 is 0 Å². The summed E-state index contributed by atoms with van der Waals surface area (Å²) >= 11 is 0. The van der Waals surface area contributed by atoms with Crippen molar-refractivity contribution in [2.75, 3.05) is 6.54 Å². The number of rotatable bonds is 6. The van der Waals surface area contributed by atoms with Crippen LogP contribution < -0.4 is 16.5 Å². The van der Waals surface area contributed by atoms with Gasteiger partial charge in [-0.2, -0.15) is 0 Å². The molecule has 136 valence electrons. The summed E-state index contributed by atoms with van der Waals surface area (Å²) in [7, 11) is 0. The van der Waals surface area contributed by atoms with Crippen LogP contribution in [0.3, 0.4) is 0 Å². The maximum Gasteiger partial charge on any atom is 0.240 e. The lowest BCUT2D eigenvalue weighted by Gasteiger charge is -2.31. The summed E-state index contributed by atoms with van der Waals surface area (Å²) in [5.74, 6) is -0.0990. The van der Waals surface area contributed by atoms with Crippen molar-refractivity contribution >= 4 is 27.7 Å². The fourth-order valence-electron chi connectivity index (χ4n) is 3.49. The number of hydrogen-bond donors (Lipinski definition) is 2. The first-order chi connectivity index (χ1) is 12.5. The predicted molar refractivity (Wildman–Crippen MR) is 106 cm³/mol. The van der Waals surface area contributed by atoms with Crippen LogP contribution in [0.1, 0.15) is 26.7 Å². The van der Waals surface area contributed by atoms with E-state index in [9.17, 15) is 9.59 Å². The van der Waals surface area contributed by atoms with Crippen LogP contribution >= 0.6 is 0 Å². The van der Waals surface area contributed by atoms with Crippen molar-refractivity contribution in [3.05, 3.63) is 58.8 Å². The van der Waals surface area contributed by atoms with Crippen molar-refractivity contribution in [2.24, 2.45) is 5.73 Å². The van der Waals surface area contributed by atoms with Gasteiger partial charge in [-0.3, -0.25) is 9.59 Å². The maximum atomic E-state index is 12.8. The summed E-state index contributed by atoms with van der Waals surface area (Å²) in [5, 5.41) is 4.35. The van der Waals surface area contributed by atoms with Crippen LogP contribution in [0.5, 0.6) is 0 Å². The first-order valence-corrected chi connectivity index (χ1v) is 9.06. The minimum atomic E-state index is -0.387. The zero-order chi connectivity index (χ0) is 18.7. The second kappa shape index (κ2) is 7.30. The van der Waals surface area contributed by atoms with Gasteiger partial charge in [0.05, 0.1) is 16.6 Å². The standard InChI is InChI=1S/C21H25N3O2/c1-3-21(4-2,14-22)23-19(25)13-24-17-11-7-5-9-15(17)20(26)16-10-6-8-12-18(16)24/h5-12H,3-4,13-14,22H2,1-2H3,(H,23,25). The molecule has 0 spiro atoms. The number of nitrogens with one attached hydrogen (secondary N) is 1. The Hall–Kier alpha value is -2.66. The van der Waals surface area contributed by atoms with Crippen molar-refractivity contribution in [1.82, 2.24) is 9.88 Å². The smallest absolute Gasteiger partial charge is 0.240 e. The second-order valence-electron chi connectivity index (χ2n) is 6.69. The maximum absolute atomic E-state index is 12.8. The third-order valence-corrected chi connectivity index (χ3v) is 5.33.